The van der Waals surface area contributed by atoms with Crippen molar-refractivity contribution in [3.05, 3.63) is 85.6 Å². The van der Waals surface area contributed by atoms with E-state index in [2.05, 4.69) is 33.2 Å². The first-order valence-electron chi connectivity index (χ1n) is 10.9. The maximum Gasteiger partial charge on any atom is 0.324 e. The average Bonchev–Trinajstić information content (AvgIpc) is 3.43. The van der Waals surface area contributed by atoms with Crippen LogP contribution in [0.1, 0.15) is 48.7 Å². The molecule has 2 aliphatic rings. The molecule has 3 heterocycles. The number of esters is 1. The van der Waals surface area contributed by atoms with E-state index in [0.717, 1.165) is 24.6 Å². The minimum atomic E-state index is -0.993. The van der Waals surface area contributed by atoms with E-state index in [1.807, 2.05) is 87.5 Å². The Morgan fingerprint density at radius 1 is 1.03 bits per heavy atom. The number of halogens is 1. The van der Waals surface area contributed by atoms with Crippen molar-refractivity contribution in [2.45, 2.75) is 49.8 Å². The topological polar surface area (TPSA) is 67.4 Å². The number of benzene rings is 2. The maximum atomic E-state index is 14.0. The second-order valence-corrected chi connectivity index (χ2v) is 12.5. The van der Waals surface area contributed by atoms with Gasteiger partial charge in [-0.25, -0.2) is 0 Å². The number of ether oxygens (including phenoxy) is 1. The number of nitrogens with one attached hydrogen (secondary N) is 2. The zero-order valence-electron chi connectivity index (χ0n) is 18.6. The summed E-state index contributed by atoms with van der Waals surface area (Å²) in [5.41, 5.74) is 1.04. The van der Waals surface area contributed by atoms with Gasteiger partial charge in [-0.15, -0.1) is 11.3 Å². The molecule has 2 aromatic carbocycles. The number of rotatable bonds is 3. The van der Waals surface area contributed by atoms with Crippen LogP contribution >= 0.6 is 33.9 Å². The van der Waals surface area contributed by atoms with Crippen LogP contribution in [-0.4, -0.2) is 23.5 Å². The molecule has 1 aromatic heterocycles. The third kappa shape index (κ3) is 3.70. The van der Waals surface area contributed by atoms with Crippen molar-refractivity contribution in [3.8, 4) is 0 Å². The normalized spacial score (nSPS) is 26.3. The van der Waals surface area contributed by atoms with Gasteiger partial charge < -0.3 is 10.1 Å². The Morgan fingerprint density at radius 3 is 2.39 bits per heavy atom. The van der Waals surface area contributed by atoms with E-state index in [1.54, 1.807) is 11.3 Å². The van der Waals surface area contributed by atoms with E-state index in [-0.39, 0.29) is 11.9 Å². The SMILES string of the molecule is CC(C)(C)OC(=O)[C@H]1N[C@H](c2ccccc2)[C@]2(C(=O)Nc3ccccc32)[C@@H]1c1ccc(I)s1. The number of amides is 1. The molecular formula is C26H25IN2O3S. The second-order valence-electron chi connectivity index (χ2n) is 9.51. The van der Waals surface area contributed by atoms with Gasteiger partial charge in [0.2, 0.25) is 5.91 Å². The summed E-state index contributed by atoms with van der Waals surface area (Å²) in [5, 5.41) is 6.68. The minimum Gasteiger partial charge on any atom is -0.459 e. The zero-order valence-corrected chi connectivity index (χ0v) is 21.6. The molecule has 0 bridgehead atoms. The molecule has 4 atom stereocenters. The molecule has 2 aliphatic heterocycles. The molecule has 0 radical (unpaired) electrons. The number of fused-ring (bicyclic) bond motifs is 2. The number of carbonyl (C=O) groups excluding carboxylic acids is 2. The van der Waals surface area contributed by atoms with Gasteiger partial charge in [-0.05, 0) is 72.7 Å². The lowest BCUT2D eigenvalue weighted by Gasteiger charge is -2.34. The number of hydrogen-bond donors (Lipinski definition) is 2. The Labute approximate surface area is 211 Å². The first-order valence-corrected chi connectivity index (χ1v) is 12.8. The average molecular weight is 572 g/mol. The molecule has 1 spiro atoms. The quantitative estimate of drug-likeness (QED) is 0.327. The van der Waals surface area contributed by atoms with Crippen LogP contribution in [0.4, 0.5) is 5.69 Å². The van der Waals surface area contributed by atoms with E-state index < -0.39 is 29.0 Å². The fourth-order valence-electron chi connectivity index (χ4n) is 5.20. The van der Waals surface area contributed by atoms with E-state index in [1.165, 1.54) is 0 Å². The molecule has 1 saturated heterocycles. The van der Waals surface area contributed by atoms with E-state index in [0.29, 0.717) is 0 Å². The van der Waals surface area contributed by atoms with Crippen LogP contribution in [0, 0.1) is 2.88 Å². The Kier molecular flexibility index (Phi) is 5.61. The fourth-order valence-corrected chi connectivity index (χ4v) is 7.09. The Hall–Kier alpha value is -2.23. The highest BCUT2D eigenvalue weighted by Crippen LogP contribution is 2.60. The number of carbonyl (C=O) groups is 2. The summed E-state index contributed by atoms with van der Waals surface area (Å²) in [5.74, 6) is -0.856. The molecule has 3 aromatic rings. The summed E-state index contributed by atoms with van der Waals surface area (Å²) < 4.78 is 6.97. The monoisotopic (exact) mass is 572 g/mol. The maximum absolute atomic E-state index is 14.0. The van der Waals surface area contributed by atoms with Gasteiger partial charge in [0.15, 0.2) is 0 Å². The summed E-state index contributed by atoms with van der Waals surface area (Å²) in [6, 6.07) is 20.7. The highest BCUT2D eigenvalue weighted by Gasteiger charge is 2.66. The van der Waals surface area contributed by atoms with Gasteiger partial charge in [0.05, 0.1) is 8.93 Å². The lowest BCUT2D eigenvalue weighted by molar-refractivity contribution is -0.157. The molecule has 0 saturated carbocycles. The van der Waals surface area contributed by atoms with Gasteiger partial charge >= 0.3 is 5.97 Å². The number of para-hydroxylation sites is 1. The van der Waals surface area contributed by atoms with Crippen molar-refractivity contribution in [1.82, 2.24) is 5.32 Å². The predicted molar refractivity (Wildman–Crippen MR) is 138 cm³/mol. The van der Waals surface area contributed by atoms with Crippen LogP contribution in [0.15, 0.2) is 66.7 Å². The number of thiophene rings is 1. The van der Waals surface area contributed by atoms with Gasteiger partial charge in [-0.3, -0.25) is 14.9 Å². The zero-order chi connectivity index (χ0) is 23.4. The number of hydrogen-bond acceptors (Lipinski definition) is 5. The minimum absolute atomic E-state index is 0.0930. The molecule has 0 aliphatic carbocycles. The largest absolute Gasteiger partial charge is 0.459 e. The molecule has 2 N–H and O–H groups in total. The van der Waals surface area contributed by atoms with Crippen molar-refractivity contribution < 1.29 is 14.3 Å². The van der Waals surface area contributed by atoms with Crippen LogP contribution in [0.2, 0.25) is 0 Å². The smallest absolute Gasteiger partial charge is 0.324 e. The van der Waals surface area contributed by atoms with Gasteiger partial charge in [-0.2, -0.15) is 0 Å². The predicted octanol–water partition coefficient (Wildman–Crippen LogP) is 5.38. The van der Waals surface area contributed by atoms with Gasteiger partial charge in [0.1, 0.15) is 17.1 Å². The summed E-state index contributed by atoms with van der Waals surface area (Å²) in [4.78, 5) is 28.5. The lowest BCUT2D eigenvalue weighted by Crippen LogP contribution is -2.44. The van der Waals surface area contributed by atoms with Crippen LogP contribution in [-0.2, 0) is 19.7 Å². The fraction of sp³-hybridized carbons (Fsp3) is 0.308. The molecular weight excluding hydrogens is 547 g/mol. The third-order valence-electron chi connectivity index (χ3n) is 6.32. The van der Waals surface area contributed by atoms with Crippen molar-refractivity contribution in [1.29, 1.82) is 0 Å². The Bertz CT molecular complexity index is 1220. The van der Waals surface area contributed by atoms with Gasteiger partial charge in [0, 0.05) is 16.5 Å². The summed E-state index contributed by atoms with van der Waals surface area (Å²) in [7, 11) is 0. The molecule has 0 unspecified atom stereocenters. The highest BCUT2D eigenvalue weighted by atomic mass is 127. The molecule has 33 heavy (non-hydrogen) atoms. The van der Waals surface area contributed by atoms with Gasteiger partial charge in [-0.1, -0.05) is 48.5 Å². The first kappa shape index (κ1) is 22.6. The van der Waals surface area contributed by atoms with E-state index >= 15 is 0 Å². The van der Waals surface area contributed by atoms with Crippen molar-refractivity contribution in [3.63, 3.8) is 0 Å². The van der Waals surface area contributed by atoms with E-state index in [9.17, 15) is 9.59 Å². The van der Waals surface area contributed by atoms with Crippen molar-refractivity contribution in [2.24, 2.45) is 0 Å². The van der Waals surface area contributed by atoms with Crippen molar-refractivity contribution in [2.75, 3.05) is 5.32 Å². The molecule has 5 rings (SSSR count). The van der Waals surface area contributed by atoms with Crippen molar-refractivity contribution >= 4 is 51.5 Å². The summed E-state index contributed by atoms with van der Waals surface area (Å²) in [6.45, 7) is 5.60. The van der Waals surface area contributed by atoms with Crippen LogP contribution in [0.5, 0.6) is 0 Å². The number of anilines is 1. The molecule has 1 fully saturated rings. The molecule has 7 heteroatoms. The Balaban J connectivity index is 1.77. The highest BCUT2D eigenvalue weighted by molar-refractivity contribution is 14.1. The van der Waals surface area contributed by atoms with E-state index in [4.69, 9.17) is 4.74 Å². The third-order valence-corrected chi connectivity index (χ3v) is 8.29. The lowest BCUT2D eigenvalue weighted by atomic mass is 9.65. The molecule has 5 nitrogen and oxygen atoms in total. The standard InChI is InChI=1S/C26H25IN2O3S/c1-25(2,3)32-23(30)21-20(18-13-14-19(27)33-18)26(22(29-21)15-9-5-4-6-10-15)16-11-7-8-12-17(16)28-24(26)31/h4-14,20-22,29H,1-3H3,(H,28,31)/t20-,21+,22-,26-/m1/s1. The van der Waals surface area contributed by atoms with Crippen LogP contribution in [0.25, 0.3) is 0 Å². The molecule has 1 amide bonds. The van der Waals surface area contributed by atoms with Crippen LogP contribution < -0.4 is 10.6 Å². The first-order chi connectivity index (χ1) is 15.7. The summed E-state index contributed by atoms with van der Waals surface area (Å²) in [6.07, 6.45) is 0. The molecule has 170 valence electrons. The van der Waals surface area contributed by atoms with Crippen LogP contribution in [0.3, 0.4) is 0 Å². The summed E-state index contributed by atoms with van der Waals surface area (Å²) >= 11 is 3.91. The second kappa shape index (κ2) is 8.21. The van der Waals surface area contributed by atoms with Gasteiger partial charge in [0.25, 0.3) is 0 Å². The Morgan fingerprint density at radius 2 is 1.73 bits per heavy atom.